The lowest BCUT2D eigenvalue weighted by Gasteiger charge is -2.07. The summed E-state index contributed by atoms with van der Waals surface area (Å²) < 4.78 is 1.88. The van der Waals surface area contributed by atoms with Gasteiger partial charge in [-0.3, -0.25) is 0 Å². The molecule has 0 saturated heterocycles. The molecular formula is C16H16N6. The zero-order valence-corrected chi connectivity index (χ0v) is 12.2. The van der Waals surface area contributed by atoms with Crippen LogP contribution in [0.25, 0.3) is 16.6 Å². The van der Waals surface area contributed by atoms with Crippen molar-refractivity contribution in [2.24, 2.45) is 0 Å². The van der Waals surface area contributed by atoms with E-state index in [1.54, 1.807) is 6.33 Å². The Morgan fingerprint density at radius 3 is 3.09 bits per heavy atom. The van der Waals surface area contributed by atoms with Crippen LogP contribution in [0.1, 0.15) is 18.1 Å². The molecule has 0 aliphatic heterocycles. The smallest absolute Gasteiger partial charge is 0.143 e. The second-order valence-electron chi connectivity index (χ2n) is 5.17. The molecule has 22 heavy (non-hydrogen) atoms. The first-order valence-electron chi connectivity index (χ1n) is 7.33. The van der Waals surface area contributed by atoms with Gasteiger partial charge in [-0.25, -0.2) is 14.5 Å². The van der Waals surface area contributed by atoms with Crippen molar-refractivity contribution in [2.45, 2.75) is 19.9 Å². The molecule has 0 spiro atoms. The highest BCUT2D eigenvalue weighted by Gasteiger charge is 2.10. The number of nitrogens with zero attached hydrogens (tertiary/aromatic N) is 4. The number of pyridine rings is 1. The lowest BCUT2D eigenvalue weighted by Crippen LogP contribution is -2.02. The molecule has 0 aliphatic carbocycles. The molecule has 0 atom stereocenters. The van der Waals surface area contributed by atoms with Gasteiger partial charge < -0.3 is 10.3 Å². The standard InChI is InChI=1S/C16H16N6/c1-2-11-7-17-15-14(11)16(20-10-19-15)18-8-12-9-21-22-6-4-3-5-13(12)22/h3-7,9-10H,2,8H2,1H3,(H2,17,18,19,20). The molecule has 4 aromatic heterocycles. The quantitative estimate of drug-likeness (QED) is 0.607. The molecule has 0 radical (unpaired) electrons. The van der Waals surface area contributed by atoms with E-state index in [0.717, 1.165) is 34.4 Å². The van der Waals surface area contributed by atoms with Crippen molar-refractivity contribution in [3.63, 3.8) is 0 Å². The molecule has 0 aliphatic rings. The summed E-state index contributed by atoms with van der Waals surface area (Å²) in [5.41, 5.74) is 4.33. The predicted molar refractivity (Wildman–Crippen MR) is 85.8 cm³/mol. The van der Waals surface area contributed by atoms with Gasteiger partial charge in [0.05, 0.1) is 17.1 Å². The number of aryl methyl sites for hydroxylation is 1. The number of aromatic amines is 1. The van der Waals surface area contributed by atoms with E-state index in [4.69, 9.17) is 0 Å². The zero-order valence-electron chi connectivity index (χ0n) is 12.2. The molecule has 0 fully saturated rings. The first-order valence-corrected chi connectivity index (χ1v) is 7.33. The summed E-state index contributed by atoms with van der Waals surface area (Å²) in [5, 5.41) is 8.84. The third-order valence-corrected chi connectivity index (χ3v) is 3.88. The molecule has 6 nitrogen and oxygen atoms in total. The Balaban J connectivity index is 1.68. The van der Waals surface area contributed by atoms with E-state index in [2.05, 4.69) is 38.4 Å². The van der Waals surface area contributed by atoms with Crippen molar-refractivity contribution in [2.75, 3.05) is 5.32 Å². The number of fused-ring (bicyclic) bond motifs is 2. The fourth-order valence-electron chi connectivity index (χ4n) is 2.74. The summed E-state index contributed by atoms with van der Waals surface area (Å²) in [6.45, 7) is 2.80. The number of rotatable bonds is 4. The Kier molecular flexibility index (Phi) is 3.00. The van der Waals surface area contributed by atoms with Crippen LogP contribution >= 0.6 is 0 Å². The first-order chi connectivity index (χ1) is 10.9. The van der Waals surface area contributed by atoms with Crippen LogP contribution in [-0.4, -0.2) is 24.6 Å². The Morgan fingerprint density at radius 2 is 2.18 bits per heavy atom. The molecule has 0 amide bonds. The van der Waals surface area contributed by atoms with Crippen LogP contribution in [0, 0.1) is 0 Å². The molecule has 0 bridgehead atoms. The monoisotopic (exact) mass is 292 g/mol. The van der Waals surface area contributed by atoms with E-state index in [-0.39, 0.29) is 0 Å². The fourth-order valence-corrected chi connectivity index (χ4v) is 2.74. The summed E-state index contributed by atoms with van der Waals surface area (Å²) in [4.78, 5) is 11.9. The van der Waals surface area contributed by atoms with E-state index < -0.39 is 0 Å². The second kappa shape index (κ2) is 5.14. The van der Waals surface area contributed by atoms with Gasteiger partial charge in [0.25, 0.3) is 0 Å². The van der Waals surface area contributed by atoms with Crippen LogP contribution in [0.5, 0.6) is 0 Å². The van der Waals surface area contributed by atoms with E-state index in [1.165, 1.54) is 5.56 Å². The first kappa shape index (κ1) is 12.8. The SMILES string of the molecule is CCc1c[nH]c2ncnc(NCc3cnn4ccccc34)c12. The van der Waals surface area contributed by atoms with Crippen LogP contribution in [0.2, 0.25) is 0 Å². The Morgan fingerprint density at radius 1 is 1.23 bits per heavy atom. The largest absolute Gasteiger partial charge is 0.365 e. The van der Waals surface area contributed by atoms with Crippen LogP contribution in [-0.2, 0) is 13.0 Å². The lowest BCUT2D eigenvalue weighted by atomic mass is 10.2. The number of H-pyrrole nitrogens is 1. The Bertz CT molecular complexity index is 936. The summed E-state index contributed by atoms with van der Waals surface area (Å²) in [7, 11) is 0. The van der Waals surface area contributed by atoms with Crippen molar-refractivity contribution in [1.29, 1.82) is 0 Å². The van der Waals surface area contributed by atoms with Crippen molar-refractivity contribution in [3.05, 3.63) is 54.2 Å². The molecule has 2 N–H and O–H groups in total. The van der Waals surface area contributed by atoms with Crippen molar-refractivity contribution < 1.29 is 0 Å². The molecular weight excluding hydrogens is 276 g/mol. The molecule has 4 rings (SSSR count). The van der Waals surface area contributed by atoms with Gasteiger partial charge in [-0.05, 0) is 24.1 Å². The minimum Gasteiger partial charge on any atom is -0.365 e. The second-order valence-corrected chi connectivity index (χ2v) is 5.17. The molecule has 110 valence electrons. The maximum absolute atomic E-state index is 4.40. The number of nitrogens with one attached hydrogen (secondary N) is 2. The number of aromatic nitrogens is 5. The molecule has 0 unspecified atom stereocenters. The molecule has 0 saturated carbocycles. The van der Waals surface area contributed by atoms with Gasteiger partial charge in [-0.15, -0.1) is 0 Å². The van der Waals surface area contributed by atoms with Crippen LogP contribution in [0.15, 0.2) is 43.1 Å². The summed E-state index contributed by atoms with van der Waals surface area (Å²) in [5.74, 6) is 0.860. The maximum atomic E-state index is 4.40. The normalized spacial score (nSPS) is 11.3. The number of hydrogen-bond donors (Lipinski definition) is 2. The summed E-state index contributed by atoms with van der Waals surface area (Å²) in [6.07, 6.45) is 8.36. The van der Waals surface area contributed by atoms with E-state index in [9.17, 15) is 0 Å². The topological polar surface area (TPSA) is 70.9 Å². The molecule has 6 heteroatoms. The molecule has 0 aromatic carbocycles. The van der Waals surface area contributed by atoms with Gasteiger partial charge in [0, 0.05) is 24.5 Å². The van der Waals surface area contributed by atoms with Gasteiger partial charge in [0.2, 0.25) is 0 Å². The predicted octanol–water partition coefficient (Wildman–Crippen LogP) is 2.78. The zero-order chi connectivity index (χ0) is 14.9. The number of hydrogen-bond acceptors (Lipinski definition) is 4. The minimum absolute atomic E-state index is 0.675. The van der Waals surface area contributed by atoms with Gasteiger partial charge >= 0.3 is 0 Å². The molecule has 4 aromatic rings. The van der Waals surface area contributed by atoms with Crippen LogP contribution < -0.4 is 5.32 Å². The minimum atomic E-state index is 0.675. The van der Waals surface area contributed by atoms with Crippen molar-refractivity contribution in [1.82, 2.24) is 24.6 Å². The third-order valence-electron chi connectivity index (χ3n) is 3.88. The van der Waals surface area contributed by atoms with Gasteiger partial charge in [0.15, 0.2) is 0 Å². The summed E-state index contributed by atoms with van der Waals surface area (Å²) in [6, 6.07) is 6.05. The van der Waals surface area contributed by atoms with Crippen molar-refractivity contribution in [3.8, 4) is 0 Å². The Hall–Kier alpha value is -2.89. The average Bonchev–Trinajstić information content (AvgIpc) is 3.17. The Labute approximate surface area is 127 Å². The highest BCUT2D eigenvalue weighted by Crippen LogP contribution is 2.24. The lowest BCUT2D eigenvalue weighted by molar-refractivity contribution is 0.961. The van der Waals surface area contributed by atoms with Crippen molar-refractivity contribution >= 4 is 22.4 Å². The van der Waals surface area contributed by atoms with Gasteiger partial charge in [0.1, 0.15) is 17.8 Å². The fraction of sp³-hybridized carbons (Fsp3) is 0.188. The van der Waals surface area contributed by atoms with Crippen LogP contribution in [0.4, 0.5) is 5.82 Å². The molecule has 4 heterocycles. The average molecular weight is 292 g/mol. The van der Waals surface area contributed by atoms with E-state index in [1.807, 2.05) is 35.2 Å². The van der Waals surface area contributed by atoms with E-state index in [0.29, 0.717) is 6.54 Å². The summed E-state index contributed by atoms with van der Waals surface area (Å²) >= 11 is 0. The highest BCUT2D eigenvalue weighted by molar-refractivity contribution is 5.90. The highest BCUT2D eigenvalue weighted by atomic mass is 15.2. The van der Waals surface area contributed by atoms with E-state index >= 15 is 0 Å². The maximum Gasteiger partial charge on any atom is 0.143 e. The number of anilines is 1. The van der Waals surface area contributed by atoms with Gasteiger partial charge in [-0.1, -0.05) is 13.0 Å². The van der Waals surface area contributed by atoms with Gasteiger partial charge in [-0.2, -0.15) is 5.10 Å². The third kappa shape index (κ3) is 2.00. The van der Waals surface area contributed by atoms with Crippen LogP contribution in [0.3, 0.4) is 0 Å².